The molecule has 3 atom stereocenters. The number of anilines is 2. The van der Waals surface area contributed by atoms with Crippen molar-refractivity contribution in [2.45, 2.75) is 44.3 Å². The molecule has 1 aliphatic carbocycles. The molecule has 3 unspecified atom stereocenters. The minimum absolute atomic E-state index is 0.533. The molecule has 1 aromatic rings. The van der Waals surface area contributed by atoms with E-state index in [2.05, 4.69) is 34.4 Å². The fourth-order valence-electron chi connectivity index (χ4n) is 2.79. The lowest BCUT2D eigenvalue weighted by molar-refractivity contribution is 0.276. The highest BCUT2D eigenvalue weighted by Gasteiger charge is 2.25. The second-order valence-corrected chi connectivity index (χ2v) is 6.29. The fraction of sp³-hybridized carbons (Fsp3) is 0.714. The van der Waals surface area contributed by atoms with Crippen LogP contribution in [0.15, 0.2) is 11.2 Å². The molecule has 5 heteroatoms. The summed E-state index contributed by atoms with van der Waals surface area (Å²) in [5.41, 5.74) is 0. The van der Waals surface area contributed by atoms with E-state index in [1.54, 1.807) is 11.8 Å². The molecule has 1 heterocycles. The average molecular weight is 280 g/mol. The Hall–Kier alpha value is -0.970. The van der Waals surface area contributed by atoms with Crippen molar-refractivity contribution in [3.05, 3.63) is 6.07 Å². The van der Waals surface area contributed by atoms with Crippen LogP contribution in [0, 0.1) is 11.8 Å². The number of hydrogen-bond acceptors (Lipinski definition) is 5. The second-order valence-electron chi connectivity index (χ2n) is 5.52. The van der Waals surface area contributed by atoms with Crippen LogP contribution in [-0.4, -0.2) is 29.3 Å². The summed E-state index contributed by atoms with van der Waals surface area (Å²) in [7, 11) is 1.89. The van der Waals surface area contributed by atoms with E-state index in [9.17, 15) is 0 Å². The molecule has 1 aliphatic rings. The molecule has 19 heavy (non-hydrogen) atoms. The third-order valence-corrected chi connectivity index (χ3v) is 4.46. The maximum Gasteiger partial charge on any atom is 0.191 e. The Morgan fingerprint density at radius 3 is 2.58 bits per heavy atom. The Kier molecular flexibility index (Phi) is 4.91. The van der Waals surface area contributed by atoms with Crippen LogP contribution in [0.1, 0.15) is 33.1 Å². The van der Waals surface area contributed by atoms with Crippen molar-refractivity contribution >= 4 is 23.4 Å². The molecular weight excluding hydrogens is 256 g/mol. The van der Waals surface area contributed by atoms with Gasteiger partial charge in [0.1, 0.15) is 11.6 Å². The molecule has 4 nitrogen and oxygen atoms in total. The van der Waals surface area contributed by atoms with Crippen molar-refractivity contribution in [1.29, 1.82) is 0 Å². The Morgan fingerprint density at radius 2 is 1.95 bits per heavy atom. The zero-order valence-corrected chi connectivity index (χ0v) is 13.0. The van der Waals surface area contributed by atoms with E-state index in [1.165, 1.54) is 19.3 Å². The normalized spacial score (nSPS) is 27.1. The van der Waals surface area contributed by atoms with Gasteiger partial charge in [0.25, 0.3) is 0 Å². The first-order valence-corrected chi connectivity index (χ1v) is 8.22. The van der Waals surface area contributed by atoms with Gasteiger partial charge in [-0.3, -0.25) is 0 Å². The van der Waals surface area contributed by atoms with Gasteiger partial charge in [-0.05, 0) is 37.4 Å². The Bertz CT molecular complexity index is 402. The van der Waals surface area contributed by atoms with Crippen LogP contribution in [-0.2, 0) is 0 Å². The van der Waals surface area contributed by atoms with E-state index in [0.717, 1.165) is 22.7 Å². The smallest absolute Gasteiger partial charge is 0.191 e. The van der Waals surface area contributed by atoms with Crippen LogP contribution in [0.5, 0.6) is 0 Å². The highest BCUT2D eigenvalue weighted by atomic mass is 32.2. The van der Waals surface area contributed by atoms with Crippen LogP contribution in [0.3, 0.4) is 0 Å². The predicted molar refractivity (Wildman–Crippen MR) is 82.9 cm³/mol. The quantitative estimate of drug-likeness (QED) is 0.653. The standard InChI is InChI=1S/C14H24N4S/c1-9-5-6-11(10(2)7-9)16-13-8-12(15-3)17-14(18-13)19-4/h8-11H,5-7H2,1-4H3,(H2,15,16,17,18). The Balaban J connectivity index is 2.09. The van der Waals surface area contributed by atoms with Gasteiger partial charge < -0.3 is 10.6 Å². The van der Waals surface area contributed by atoms with Crippen molar-refractivity contribution in [1.82, 2.24) is 9.97 Å². The SMILES string of the molecule is CNc1cc(NC2CCC(C)CC2C)nc(SC)n1. The van der Waals surface area contributed by atoms with Crippen LogP contribution in [0.25, 0.3) is 0 Å². The summed E-state index contributed by atoms with van der Waals surface area (Å²) in [4.78, 5) is 8.94. The Labute approximate surface area is 120 Å². The highest BCUT2D eigenvalue weighted by molar-refractivity contribution is 7.98. The lowest BCUT2D eigenvalue weighted by atomic mass is 9.80. The van der Waals surface area contributed by atoms with E-state index in [1.807, 2.05) is 19.4 Å². The summed E-state index contributed by atoms with van der Waals surface area (Å²) >= 11 is 1.57. The molecule has 1 aromatic heterocycles. The topological polar surface area (TPSA) is 49.8 Å². The van der Waals surface area contributed by atoms with Gasteiger partial charge in [0.2, 0.25) is 0 Å². The molecule has 2 N–H and O–H groups in total. The average Bonchev–Trinajstić information content (AvgIpc) is 2.41. The molecule has 0 amide bonds. The molecule has 0 radical (unpaired) electrons. The first-order chi connectivity index (χ1) is 9.12. The van der Waals surface area contributed by atoms with E-state index < -0.39 is 0 Å². The van der Waals surface area contributed by atoms with Crippen molar-refractivity contribution in [2.75, 3.05) is 23.9 Å². The summed E-state index contributed by atoms with van der Waals surface area (Å²) in [5, 5.41) is 7.50. The van der Waals surface area contributed by atoms with E-state index >= 15 is 0 Å². The first-order valence-electron chi connectivity index (χ1n) is 6.99. The lowest BCUT2D eigenvalue weighted by Crippen LogP contribution is -2.33. The van der Waals surface area contributed by atoms with Gasteiger partial charge in [0, 0.05) is 19.2 Å². The van der Waals surface area contributed by atoms with Crippen LogP contribution in [0.2, 0.25) is 0 Å². The number of nitrogens with one attached hydrogen (secondary N) is 2. The summed E-state index contributed by atoms with van der Waals surface area (Å²) in [6.45, 7) is 4.69. The third-order valence-electron chi connectivity index (χ3n) is 3.91. The molecule has 0 saturated heterocycles. The minimum Gasteiger partial charge on any atom is -0.373 e. The molecule has 1 fully saturated rings. The number of hydrogen-bond donors (Lipinski definition) is 2. The first kappa shape index (κ1) is 14.4. The molecule has 1 saturated carbocycles. The monoisotopic (exact) mass is 280 g/mol. The van der Waals surface area contributed by atoms with Crippen LogP contribution >= 0.6 is 11.8 Å². The number of thioether (sulfide) groups is 1. The van der Waals surface area contributed by atoms with Crippen molar-refractivity contribution in [2.24, 2.45) is 11.8 Å². The van der Waals surface area contributed by atoms with Crippen molar-refractivity contribution < 1.29 is 0 Å². The number of nitrogens with zero attached hydrogens (tertiary/aromatic N) is 2. The number of rotatable bonds is 4. The van der Waals surface area contributed by atoms with E-state index in [-0.39, 0.29) is 0 Å². The van der Waals surface area contributed by atoms with Gasteiger partial charge in [-0.2, -0.15) is 0 Å². The summed E-state index contributed by atoms with van der Waals surface area (Å²) < 4.78 is 0. The molecule has 106 valence electrons. The van der Waals surface area contributed by atoms with Crippen molar-refractivity contribution in [3.8, 4) is 0 Å². The van der Waals surface area contributed by atoms with E-state index in [4.69, 9.17) is 0 Å². The van der Waals surface area contributed by atoms with Gasteiger partial charge in [-0.1, -0.05) is 25.6 Å². The lowest BCUT2D eigenvalue weighted by Gasteiger charge is -2.33. The van der Waals surface area contributed by atoms with Crippen LogP contribution in [0.4, 0.5) is 11.6 Å². The molecule has 0 spiro atoms. The molecule has 0 aliphatic heterocycles. The second kappa shape index (κ2) is 6.46. The predicted octanol–water partition coefficient (Wildman–Crippen LogP) is 3.48. The van der Waals surface area contributed by atoms with Gasteiger partial charge in [-0.15, -0.1) is 0 Å². The van der Waals surface area contributed by atoms with Crippen molar-refractivity contribution in [3.63, 3.8) is 0 Å². The number of aromatic nitrogens is 2. The summed E-state index contributed by atoms with van der Waals surface area (Å²) in [6, 6.07) is 2.52. The minimum atomic E-state index is 0.533. The van der Waals surface area contributed by atoms with Crippen LogP contribution < -0.4 is 10.6 Å². The van der Waals surface area contributed by atoms with Gasteiger partial charge in [-0.25, -0.2) is 9.97 Å². The molecule has 2 rings (SSSR count). The maximum atomic E-state index is 4.55. The molecular formula is C14H24N4S. The zero-order chi connectivity index (χ0) is 13.8. The van der Waals surface area contributed by atoms with E-state index in [0.29, 0.717) is 12.0 Å². The van der Waals surface area contributed by atoms with Gasteiger partial charge in [0.05, 0.1) is 0 Å². The van der Waals surface area contributed by atoms with Gasteiger partial charge >= 0.3 is 0 Å². The maximum absolute atomic E-state index is 4.55. The Morgan fingerprint density at radius 1 is 1.21 bits per heavy atom. The molecule has 0 bridgehead atoms. The summed E-state index contributed by atoms with van der Waals surface area (Å²) in [5.74, 6) is 3.37. The third kappa shape index (κ3) is 3.75. The fourth-order valence-corrected chi connectivity index (χ4v) is 3.17. The summed E-state index contributed by atoms with van der Waals surface area (Å²) in [6.07, 6.45) is 5.84. The largest absolute Gasteiger partial charge is 0.373 e. The van der Waals surface area contributed by atoms with Gasteiger partial charge in [0.15, 0.2) is 5.16 Å². The zero-order valence-electron chi connectivity index (χ0n) is 12.2. The highest BCUT2D eigenvalue weighted by Crippen LogP contribution is 2.31. The molecule has 0 aromatic carbocycles.